The fourth-order valence-corrected chi connectivity index (χ4v) is 4.60. The predicted molar refractivity (Wildman–Crippen MR) is 141 cm³/mol. The highest BCUT2D eigenvalue weighted by Gasteiger charge is 2.23. The van der Waals surface area contributed by atoms with Crippen LogP contribution in [0.5, 0.6) is 11.5 Å². The number of carbonyl (C=O) groups excluding carboxylic acids is 1. The third-order valence-corrected chi connectivity index (χ3v) is 6.43. The third kappa shape index (κ3) is 5.90. The van der Waals surface area contributed by atoms with Gasteiger partial charge in [0.15, 0.2) is 0 Å². The Hall–Kier alpha value is -4.06. The van der Waals surface area contributed by atoms with Gasteiger partial charge in [-0.05, 0) is 86.7 Å². The van der Waals surface area contributed by atoms with Crippen LogP contribution >= 0.6 is 0 Å². The molecule has 1 heterocycles. The molecule has 0 radical (unpaired) electrons. The average molecular weight is 467 g/mol. The summed E-state index contributed by atoms with van der Waals surface area (Å²) >= 11 is 0. The first-order valence-electron chi connectivity index (χ1n) is 12.2. The summed E-state index contributed by atoms with van der Waals surface area (Å²) in [4.78, 5) is 17.3. The largest absolute Gasteiger partial charge is 0.457 e. The molecule has 0 bridgehead atoms. The quantitative estimate of drug-likeness (QED) is 0.289. The molecule has 1 fully saturated rings. The minimum Gasteiger partial charge on any atom is -0.457 e. The van der Waals surface area contributed by atoms with Crippen molar-refractivity contribution in [1.29, 1.82) is 0 Å². The molecule has 1 saturated carbocycles. The van der Waals surface area contributed by atoms with Gasteiger partial charge in [0.2, 0.25) is 0 Å². The summed E-state index contributed by atoms with van der Waals surface area (Å²) in [6, 6.07) is 27.7. The number of fused-ring (bicyclic) bond motifs is 1. The van der Waals surface area contributed by atoms with Gasteiger partial charge in [-0.15, -0.1) is 0 Å². The van der Waals surface area contributed by atoms with Crippen molar-refractivity contribution in [3.8, 4) is 11.5 Å². The van der Waals surface area contributed by atoms with Crippen LogP contribution in [-0.2, 0) is 0 Å². The molecule has 1 aliphatic carbocycles. The lowest BCUT2D eigenvalue weighted by molar-refractivity contribution is 0.243. The van der Waals surface area contributed by atoms with E-state index in [9.17, 15) is 4.79 Å². The monoisotopic (exact) mass is 466 g/mol. The van der Waals surface area contributed by atoms with E-state index in [1.807, 2.05) is 66.7 Å². The van der Waals surface area contributed by atoms with Crippen molar-refractivity contribution in [3.05, 3.63) is 90.5 Å². The number of ether oxygens (including phenoxy) is 1. The van der Waals surface area contributed by atoms with Crippen LogP contribution in [0.3, 0.4) is 0 Å². The second-order valence-corrected chi connectivity index (χ2v) is 9.07. The summed E-state index contributed by atoms with van der Waals surface area (Å²) in [6.45, 7) is 2.12. The van der Waals surface area contributed by atoms with Crippen LogP contribution in [0.15, 0.2) is 84.9 Å². The zero-order valence-electron chi connectivity index (χ0n) is 19.8. The number of aromatic nitrogens is 1. The minimum absolute atomic E-state index is 0.167. The van der Waals surface area contributed by atoms with Crippen molar-refractivity contribution >= 4 is 28.4 Å². The van der Waals surface area contributed by atoms with Crippen molar-refractivity contribution in [3.63, 3.8) is 0 Å². The van der Waals surface area contributed by atoms with E-state index < -0.39 is 0 Å². The van der Waals surface area contributed by atoms with Gasteiger partial charge in [0.1, 0.15) is 17.3 Å². The number of urea groups is 1. The van der Waals surface area contributed by atoms with Crippen LogP contribution in [0.4, 0.5) is 16.3 Å². The first-order chi connectivity index (χ1) is 17.1. The Morgan fingerprint density at radius 1 is 0.829 bits per heavy atom. The van der Waals surface area contributed by atoms with E-state index in [1.54, 1.807) is 0 Å². The van der Waals surface area contributed by atoms with Gasteiger partial charge < -0.3 is 20.7 Å². The predicted octanol–water partition coefficient (Wildman–Crippen LogP) is 6.88. The average Bonchev–Trinajstić information content (AvgIpc) is 2.87. The van der Waals surface area contributed by atoms with Gasteiger partial charge in [0.05, 0.1) is 5.52 Å². The molecule has 0 spiro atoms. The standard InChI is InChI=1S/C29H30N4O2/c1-20-19-28(33-27-10-6-5-9-26(20)27)30-21-11-13-22(14-12-21)31-29(34)32-23-15-17-25(18-16-23)35-24-7-3-2-4-8-24/h2-10,15-19,21-22H,11-14H2,1H3,(H,30,33)(H2,31,32,34)/t21-,22+. The van der Waals surface area contributed by atoms with E-state index in [0.717, 1.165) is 54.2 Å². The van der Waals surface area contributed by atoms with Crippen LogP contribution in [0, 0.1) is 6.92 Å². The molecule has 5 rings (SSSR count). The van der Waals surface area contributed by atoms with Gasteiger partial charge in [-0.1, -0.05) is 36.4 Å². The molecule has 3 aromatic carbocycles. The summed E-state index contributed by atoms with van der Waals surface area (Å²) in [6.07, 6.45) is 3.84. The Balaban J connectivity index is 1.08. The van der Waals surface area contributed by atoms with Crippen LogP contribution in [0.25, 0.3) is 10.9 Å². The summed E-state index contributed by atoms with van der Waals surface area (Å²) in [5, 5.41) is 10.8. The van der Waals surface area contributed by atoms with Gasteiger partial charge in [0.25, 0.3) is 0 Å². The molecular weight excluding hydrogens is 436 g/mol. The summed E-state index contributed by atoms with van der Waals surface area (Å²) in [7, 11) is 0. The van der Waals surface area contributed by atoms with Crippen LogP contribution in [-0.4, -0.2) is 23.1 Å². The van der Waals surface area contributed by atoms with E-state index >= 15 is 0 Å². The molecule has 6 nitrogen and oxygen atoms in total. The fraction of sp³-hybridized carbons (Fsp3) is 0.241. The zero-order valence-corrected chi connectivity index (χ0v) is 19.8. The number of hydrogen-bond acceptors (Lipinski definition) is 4. The highest BCUT2D eigenvalue weighted by molar-refractivity contribution is 5.89. The van der Waals surface area contributed by atoms with Gasteiger partial charge in [0, 0.05) is 23.2 Å². The molecule has 4 aromatic rings. The maximum atomic E-state index is 12.5. The van der Waals surface area contributed by atoms with Gasteiger partial charge in [-0.2, -0.15) is 0 Å². The summed E-state index contributed by atoms with van der Waals surface area (Å²) < 4.78 is 5.80. The van der Waals surface area contributed by atoms with E-state index in [0.29, 0.717) is 6.04 Å². The maximum absolute atomic E-state index is 12.5. The number of nitrogens with one attached hydrogen (secondary N) is 3. The molecule has 0 atom stereocenters. The molecule has 0 unspecified atom stereocenters. The highest BCUT2D eigenvalue weighted by atomic mass is 16.5. The molecule has 178 valence electrons. The maximum Gasteiger partial charge on any atom is 0.319 e. The zero-order chi connectivity index (χ0) is 24.0. The number of amides is 2. The van der Waals surface area contributed by atoms with E-state index in [-0.39, 0.29) is 12.1 Å². The van der Waals surface area contributed by atoms with Crippen LogP contribution in [0.2, 0.25) is 0 Å². The summed E-state index contributed by atoms with van der Waals surface area (Å²) in [5.74, 6) is 2.43. The molecule has 6 heteroatoms. The SMILES string of the molecule is Cc1cc(N[C@H]2CC[C@@H](NC(=O)Nc3ccc(Oc4ccccc4)cc3)CC2)nc2ccccc12. The molecule has 0 saturated heterocycles. The Morgan fingerprint density at radius 3 is 2.26 bits per heavy atom. The first-order valence-corrected chi connectivity index (χ1v) is 12.2. The Bertz CT molecular complexity index is 1280. The Morgan fingerprint density at radius 2 is 1.49 bits per heavy atom. The smallest absolute Gasteiger partial charge is 0.319 e. The lowest BCUT2D eigenvalue weighted by Crippen LogP contribution is -2.42. The van der Waals surface area contributed by atoms with Crippen molar-refractivity contribution in [2.45, 2.75) is 44.7 Å². The number of aryl methyl sites for hydroxylation is 1. The van der Waals surface area contributed by atoms with Crippen molar-refractivity contribution in [1.82, 2.24) is 10.3 Å². The number of pyridine rings is 1. The Kier molecular flexibility index (Phi) is 6.80. The molecule has 2 amide bonds. The van der Waals surface area contributed by atoms with Crippen molar-refractivity contribution in [2.75, 3.05) is 10.6 Å². The topological polar surface area (TPSA) is 75.3 Å². The fourth-order valence-electron chi connectivity index (χ4n) is 4.60. The first kappa shape index (κ1) is 22.7. The Labute approximate surface area is 205 Å². The number of hydrogen-bond donors (Lipinski definition) is 3. The molecule has 0 aliphatic heterocycles. The number of carbonyl (C=O) groups is 1. The van der Waals surface area contributed by atoms with E-state index in [1.165, 1.54) is 10.9 Å². The lowest BCUT2D eigenvalue weighted by Gasteiger charge is -2.30. The summed E-state index contributed by atoms with van der Waals surface area (Å²) in [5.41, 5.74) is 2.97. The number of anilines is 2. The van der Waals surface area contributed by atoms with E-state index in [2.05, 4.69) is 41.1 Å². The number of benzene rings is 3. The normalized spacial score (nSPS) is 17.5. The second-order valence-electron chi connectivity index (χ2n) is 9.07. The third-order valence-electron chi connectivity index (χ3n) is 6.43. The van der Waals surface area contributed by atoms with E-state index in [4.69, 9.17) is 9.72 Å². The molecular formula is C29H30N4O2. The second kappa shape index (κ2) is 10.5. The molecule has 3 N–H and O–H groups in total. The van der Waals surface area contributed by atoms with Gasteiger partial charge in [-0.25, -0.2) is 9.78 Å². The lowest BCUT2D eigenvalue weighted by atomic mass is 9.91. The number of para-hydroxylation sites is 2. The highest BCUT2D eigenvalue weighted by Crippen LogP contribution is 2.25. The minimum atomic E-state index is -0.176. The van der Waals surface area contributed by atoms with Gasteiger partial charge >= 0.3 is 6.03 Å². The number of rotatable bonds is 6. The van der Waals surface area contributed by atoms with Gasteiger partial charge in [-0.3, -0.25) is 0 Å². The van der Waals surface area contributed by atoms with Crippen LogP contribution in [0.1, 0.15) is 31.2 Å². The van der Waals surface area contributed by atoms with Crippen molar-refractivity contribution < 1.29 is 9.53 Å². The molecule has 1 aliphatic rings. The molecule has 35 heavy (non-hydrogen) atoms. The van der Waals surface area contributed by atoms with Crippen LogP contribution < -0.4 is 20.7 Å². The van der Waals surface area contributed by atoms with Crippen molar-refractivity contribution in [2.24, 2.45) is 0 Å². The molecule has 1 aromatic heterocycles. The number of nitrogens with zero attached hydrogens (tertiary/aromatic N) is 1.